The lowest BCUT2D eigenvalue weighted by atomic mass is 9.93. The number of hydrogen-bond donors (Lipinski definition) is 2. The molecule has 6 nitrogen and oxygen atoms in total. The molecular formula is C46H30N2O4. The molecule has 6 heteroatoms. The first-order chi connectivity index (χ1) is 25.3. The molecular weight excluding hydrogens is 645 g/mol. The molecule has 0 saturated carbocycles. The Labute approximate surface area is 298 Å². The van der Waals surface area contributed by atoms with Crippen LogP contribution in [-0.2, 0) is 0 Å². The summed E-state index contributed by atoms with van der Waals surface area (Å²) < 4.78 is 2.14. The molecule has 9 rings (SSSR count). The van der Waals surface area contributed by atoms with E-state index in [-0.39, 0.29) is 17.1 Å². The van der Waals surface area contributed by atoms with Crippen molar-refractivity contribution in [2.24, 2.45) is 0 Å². The van der Waals surface area contributed by atoms with Crippen molar-refractivity contribution >= 4 is 55.1 Å². The van der Waals surface area contributed by atoms with E-state index in [0.29, 0.717) is 17.0 Å². The number of hydrogen-bond acceptors (Lipinski definition) is 4. The zero-order chi connectivity index (χ0) is 35.5. The van der Waals surface area contributed by atoms with Crippen LogP contribution in [0.4, 0.5) is 0 Å². The van der Waals surface area contributed by atoms with Gasteiger partial charge in [-0.15, -0.1) is 0 Å². The summed E-state index contributed by atoms with van der Waals surface area (Å²) in [5.74, 6) is -0.217. The quantitative estimate of drug-likeness (QED) is 0.135. The second kappa shape index (κ2) is 12.1. The Hall–Kier alpha value is -7.05. The maximum Gasteiger partial charge on any atom is 0.335 e. The minimum Gasteiger partial charge on any atom is -0.507 e. The van der Waals surface area contributed by atoms with Crippen molar-refractivity contribution in [3.63, 3.8) is 0 Å². The predicted molar refractivity (Wildman–Crippen MR) is 209 cm³/mol. The summed E-state index contributed by atoms with van der Waals surface area (Å²) in [6, 6.07) is 49.1. The SMILES string of the molecule is CC(=O)c1ccc(-c2ccc3c4ccc(-c5ccc(C(=O)O)cc5)cc4c4nc(-c5cc6ccccc6cc5O)n(-c5ccccc5)c4c3c2)cc1. The first-order valence-electron chi connectivity index (χ1n) is 17.0. The molecule has 9 aromatic rings. The Balaban J connectivity index is 1.40. The van der Waals surface area contributed by atoms with Crippen molar-refractivity contribution in [1.82, 2.24) is 9.55 Å². The number of fused-ring (bicyclic) bond motifs is 7. The van der Waals surface area contributed by atoms with Gasteiger partial charge in [0, 0.05) is 22.0 Å². The molecule has 0 bridgehead atoms. The van der Waals surface area contributed by atoms with Gasteiger partial charge in [0.15, 0.2) is 5.78 Å². The van der Waals surface area contributed by atoms with E-state index >= 15 is 0 Å². The van der Waals surface area contributed by atoms with Gasteiger partial charge in [0.05, 0.1) is 22.2 Å². The molecule has 0 unspecified atom stereocenters. The van der Waals surface area contributed by atoms with Crippen molar-refractivity contribution < 1.29 is 19.8 Å². The highest BCUT2D eigenvalue weighted by Gasteiger charge is 2.23. The van der Waals surface area contributed by atoms with Crippen LogP contribution in [0.25, 0.3) is 82.7 Å². The summed E-state index contributed by atoms with van der Waals surface area (Å²) in [5.41, 5.74) is 7.84. The average Bonchev–Trinajstić information content (AvgIpc) is 3.59. The van der Waals surface area contributed by atoms with Gasteiger partial charge in [-0.3, -0.25) is 9.36 Å². The van der Waals surface area contributed by atoms with Crippen LogP contribution in [0.3, 0.4) is 0 Å². The van der Waals surface area contributed by atoms with Crippen molar-refractivity contribution in [2.75, 3.05) is 0 Å². The van der Waals surface area contributed by atoms with Gasteiger partial charge < -0.3 is 10.2 Å². The molecule has 0 atom stereocenters. The van der Waals surface area contributed by atoms with E-state index in [1.165, 1.54) is 0 Å². The molecule has 0 saturated heterocycles. The molecule has 0 spiro atoms. The highest BCUT2D eigenvalue weighted by Crippen LogP contribution is 2.43. The molecule has 0 amide bonds. The topological polar surface area (TPSA) is 92.4 Å². The van der Waals surface area contributed by atoms with Crippen LogP contribution in [-0.4, -0.2) is 31.5 Å². The maximum absolute atomic E-state index is 12.0. The fourth-order valence-electron chi connectivity index (χ4n) is 7.28. The number of nitrogens with zero attached hydrogens (tertiary/aromatic N) is 2. The lowest BCUT2D eigenvalue weighted by molar-refractivity contribution is 0.0696. The second-order valence-electron chi connectivity index (χ2n) is 13.1. The summed E-state index contributed by atoms with van der Waals surface area (Å²) in [6.45, 7) is 1.57. The smallest absolute Gasteiger partial charge is 0.335 e. The summed E-state index contributed by atoms with van der Waals surface area (Å²) in [4.78, 5) is 29.0. The normalized spacial score (nSPS) is 11.5. The van der Waals surface area contributed by atoms with Crippen molar-refractivity contribution in [2.45, 2.75) is 6.92 Å². The predicted octanol–water partition coefficient (Wildman–Crippen LogP) is 11.1. The fraction of sp³-hybridized carbons (Fsp3) is 0.0217. The first kappa shape index (κ1) is 31.0. The number of carbonyl (C=O) groups excluding carboxylic acids is 1. The number of aromatic carboxylic acids is 1. The number of imidazole rings is 1. The van der Waals surface area contributed by atoms with Crippen LogP contribution in [0.5, 0.6) is 5.75 Å². The summed E-state index contributed by atoms with van der Waals surface area (Å²) in [7, 11) is 0. The van der Waals surface area contributed by atoms with Gasteiger partial charge >= 0.3 is 5.97 Å². The summed E-state index contributed by atoms with van der Waals surface area (Å²) in [5, 5.41) is 26.9. The third-order valence-electron chi connectivity index (χ3n) is 9.93. The molecule has 52 heavy (non-hydrogen) atoms. The molecule has 0 aliphatic heterocycles. The lowest BCUT2D eigenvalue weighted by Gasteiger charge is -2.15. The van der Waals surface area contributed by atoms with Gasteiger partial charge in [0.1, 0.15) is 11.6 Å². The Bertz CT molecular complexity index is 2890. The van der Waals surface area contributed by atoms with Crippen LogP contribution < -0.4 is 0 Å². The lowest BCUT2D eigenvalue weighted by Crippen LogP contribution is -1.98. The van der Waals surface area contributed by atoms with E-state index < -0.39 is 5.97 Å². The Morgan fingerprint density at radius 2 is 1.10 bits per heavy atom. The molecule has 0 aliphatic carbocycles. The van der Waals surface area contributed by atoms with Gasteiger partial charge in [0.2, 0.25) is 0 Å². The van der Waals surface area contributed by atoms with Gasteiger partial charge in [-0.1, -0.05) is 103 Å². The number of ketones is 1. The van der Waals surface area contributed by atoms with Crippen LogP contribution >= 0.6 is 0 Å². The summed E-state index contributed by atoms with van der Waals surface area (Å²) >= 11 is 0. The molecule has 2 N–H and O–H groups in total. The second-order valence-corrected chi connectivity index (χ2v) is 13.1. The number of aromatic nitrogens is 2. The number of aromatic hydroxyl groups is 1. The molecule has 248 valence electrons. The zero-order valence-electron chi connectivity index (χ0n) is 28.0. The van der Waals surface area contributed by atoms with E-state index in [2.05, 4.69) is 41.0 Å². The van der Waals surface area contributed by atoms with E-state index in [1.54, 1.807) is 25.1 Å². The molecule has 0 aliphatic rings. The van der Waals surface area contributed by atoms with E-state index in [1.807, 2.05) is 97.1 Å². The Morgan fingerprint density at radius 1 is 0.558 bits per heavy atom. The van der Waals surface area contributed by atoms with Crippen molar-refractivity contribution in [1.29, 1.82) is 0 Å². The monoisotopic (exact) mass is 674 g/mol. The van der Waals surface area contributed by atoms with E-state index in [4.69, 9.17) is 4.98 Å². The van der Waals surface area contributed by atoms with Crippen LogP contribution in [0.1, 0.15) is 27.6 Å². The molecule has 1 aromatic heterocycles. The van der Waals surface area contributed by atoms with Gasteiger partial charge in [-0.25, -0.2) is 9.78 Å². The first-order valence-corrected chi connectivity index (χ1v) is 17.0. The number of carbonyl (C=O) groups is 2. The van der Waals surface area contributed by atoms with Crippen molar-refractivity contribution in [3.8, 4) is 45.1 Å². The Morgan fingerprint density at radius 3 is 1.71 bits per heavy atom. The number of benzene rings is 8. The number of Topliss-reactive ketones (excluding diaryl/α,β-unsaturated/α-hetero) is 1. The number of phenols is 1. The molecule has 8 aromatic carbocycles. The number of para-hydroxylation sites is 1. The zero-order valence-corrected chi connectivity index (χ0v) is 28.0. The third kappa shape index (κ3) is 5.08. The molecule has 0 fully saturated rings. The third-order valence-corrected chi connectivity index (χ3v) is 9.93. The minimum atomic E-state index is -0.969. The van der Waals surface area contributed by atoms with Crippen LogP contribution in [0, 0.1) is 0 Å². The van der Waals surface area contributed by atoms with Gasteiger partial charge in [-0.2, -0.15) is 0 Å². The van der Waals surface area contributed by atoms with E-state index in [0.717, 1.165) is 71.3 Å². The van der Waals surface area contributed by atoms with Crippen LogP contribution in [0.15, 0.2) is 152 Å². The highest BCUT2D eigenvalue weighted by molar-refractivity contribution is 6.25. The maximum atomic E-state index is 12.0. The molecule has 1 heterocycles. The number of rotatable bonds is 6. The molecule has 0 radical (unpaired) electrons. The fourth-order valence-corrected chi connectivity index (χ4v) is 7.28. The highest BCUT2D eigenvalue weighted by atomic mass is 16.4. The number of carboxylic acid groups (broad SMARTS) is 1. The van der Waals surface area contributed by atoms with E-state index in [9.17, 15) is 19.8 Å². The van der Waals surface area contributed by atoms with Crippen LogP contribution in [0.2, 0.25) is 0 Å². The number of carboxylic acids is 1. The minimum absolute atomic E-state index is 0.0201. The average molecular weight is 675 g/mol. The van der Waals surface area contributed by atoms with Crippen molar-refractivity contribution in [3.05, 3.63) is 163 Å². The number of phenolic OH excluding ortho intramolecular Hbond substituents is 1. The van der Waals surface area contributed by atoms with Gasteiger partial charge in [-0.05, 0) is 99.3 Å². The largest absolute Gasteiger partial charge is 0.507 e. The standard InChI is InChI=1S/C46H30N2O4/c1-27(49)28-11-13-29(14-12-28)35-20-22-38-37-21-19-34(30-15-17-31(18-16-30)46(51)52)23-39(37)43-44(40(38)24-35)48(36-9-3-2-4-10-36)45(47-43)41-25-32-7-5-6-8-33(32)26-42(41)50/h2-26,50H,1H3,(H,51,52). The summed E-state index contributed by atoms with van der Waals surface area (Å²) in [6.07, 6.45) is 0. The Kier molecular flexibility index (Phi) is 7.19. The van der Waals surface area contributed by atoms with Gasteiger partial charge in [0.25, 0.3) is 0 Å².